The van der Waals surface area contributed by atoms with Gasteiger partial charge in [0.15, 0.2) is 11.2 Å². The Kier molecular flexibility index (Phi) is 4.36. The Morgan fingerprint density at radius 1 is 0.879 bits per heavy atom. The summed E-state index contributed by atoms with van der Waals surface area (Å²) >= 11 is 0. The second-order valence-corrected chi connectivity index (χ2v) is 7.87. The van der Waals surface area contributed by atoms with Gasteiger partial charge in [0, 0.05) is 41.3 Å². The molecule has 0 saturated heterocycles. The molecule has 0 aliphatic heterocycles. The molecule has 0 unspecified atom stereocenters. The summed E-state index contributed by atoms with van der Waals surface area (Å²) in [6.45, 7) is 1.90. The first kappa shape index (κ1) is 19.1. The van der Waals surface area contributed by atoms with Crippen molar-refractivity contribution < 1.29 is 4.42 Å². The zero-order chi connectivity index (χ0) is 22.4. The zero-order valence-corrected chi connectivity index (χ0v) is 17.7. The van der Waals surface area contributed by atoms with E-state index in [0.29, 0.717) is 28.1 Å². The van der Waals surface area contributed by atoms with Gasteiger partial charge in [-0.15, -0.1) is 0 Å². The maximum atomic E-state index is 13.5. The van der Waals surface area contributed by atoms with Crippen LogP contribution < -0.4 is 5.43 Å². The van der Waals surface area contributed by atoms with Crippen LogP contribution in [0, 0.1) is 6.92 Å². The molecule has 5 aromatic heterocycles. The number of nitrogens with zero attached hydrogens (tertiary/aromatic N) is 3. The quantitative estimate of drug-likeness (QED) is 0.385. The van der Waals surface area contributed by atoms with Crippen LogP contribution in [0.4, 0.5) is 0 Å². The summed E-state index contributed by atoms with van der Waals surface area (Å²) in [6, 6.07) is 19.3. The monoisotopic (exact) mass is 430 g/mol. The minimum atomic E-state index is -0.0895. The van der Waals surface area contributed by atoms with Crippen LogP contribution in [0.15, 0.2) is 94.7 Å². The lowest BCUT2D eigenvalue weighted by Gasteiger charge is -2.11. The maximum absolute atomic E-state index is 13.5. The van der Waals surface area contributed by atoms with Gasteiger partial charge >= 0.3 is 0 Å². The van der Waals surface area contributed by atoms with Crippen LogP contribution in [0.2, 0.25) is 0 Å². The second-order valence-electron chi connectivity index (χ2n) is 7.87. The standard InChI is InChI=1S/C27H18N4O2/c1-16-4-7-24(33-16)25-20(18-5-6-23-19(13-18)3-2-10-29-23)14-21-26(32)22(15-30-27(21)31-25)17-8-11-28-12-9-17/h2-15H,1H3,(H,30,31,32). The van der Waals surface area contributed by atoms with E-state index in [1.54, 1.807) is 24.8 Å². The van der Waals surface area contributed by atoms with E-state index in [9.17, 15) is 4.79 Å². The van der Waals surface area contributed by atoms with E-state index in [4.69, 9.17) is 9.40 Å². The topological polar surface area (TPSA) is 84.7 Å². The molecule has 1 aromatic carbocycles. The number of rotatable bonds is 3. The lowest BCUT2D eigenvalue weighted by atomic mass is 9.98. The summed E-state index contributed by atoms with van der Waals surface area (Å²) in [5, 5.41) is 1.52. The van der Waals surface area contributed by atoms with Gasteiger partial charge < -0.3 is 9.40 Å². The molecule has 6 nitrogen and oxygen atoms in total. The number of fused-ring (bicyclic) bond motifs is 2. The predicted octanol–water partition coefficient (Wildman–Crippen LogP) is 5.77. The molecule has 33 heavy (non-hydrogen) atoms. The summed E-state index contributed by atoms with van der Waals surface area (Å²) < 4.78 is 5.92. The van der Waals surface area contributed by atoms with Crippen LogP contribution in [0.5, 0.6) is 0 Å². The fraction of sp³-hybridized carbons (Fsp3) is 0.0370. The van der Waals surface area contributed by atoms with Crippen molar-refractivity contribution in [1.29, 1.82) is 0 Å². The molecule has 5 heterocycles. The molecule has 0 saturated carbocycles. The van der Waals surface area contributed by atoms with E-state index in [-0.39, 0.29) is 5.43 Å². The fourth-order valence-electron chi connectivity index (χ4n) is 4.11. The van der Waals surface area contributed by atoms with Gasteiger partial charge in [-0.25, -0.2) is 4.98 Å². The SMILES string of the molecule is Cc1ccc(-c2nc3[nH]cc(-c4ccncc4)c(=O)c3cc2-c2ccc3ncccc3c2)o1. The van der Waals surface area contributed by atoms with Crippen LogP contribution in [-0.4, -0.2) is 19.9 Å². The fourth-order valence-corrected chi connectivity index (χ4v) is 4.11. The minimum absolute atomic E-state index is 0.0895. The van der Waals surface area contributed by atoms with E-state index < -0.39 is 0 Å². The third kappa shape index (κ3) is 3.29. The van der Waals surface area contributed by atoms with Gasteiger partial charge in [0.05, 0.1) is 10.9 Å². The van der Waals surface area contributed by atoms with Crippen molar-refractivity contribution in [3.63, 3.8) is 0 Å². The third-order valence-corrected chi connectivity index (χ3v) is 5.74. The molecule has 0 aliphatic carbocycles. The largest absolute Gasteiger partial charge is 0.460 e. The van der Waals surface area contributed by atoms with Gasteiger partial charge in [0.1, 0.15) is 17.1 Å². The number of benzene rings is 1. The third-order valence-electron chi connectivity index (χ3n) is 5.74. The molecule has 0 amide bonds. The van der Waals surface area contributed by atoms with Crippen molar-refractivity contribution in [1.82, 2.24) is 19.9 Å². The second kappa shape index (κ2) is 7.53. The Hall–Kier alpha value is -4.58. The van der Waals surface area contributed by atoms with Gasteiger partial charge in [-0.3, -0.25) is 14.8 Å². The van der Waals surface area contributed by atoms with Crippen molar-refractivity contribution in [2.75, 3.05) is 0 Å². The van der Waals surface area contributed by atoms with Gasteiger partial charge in [0.2, 0.25) is 0 Å². The molecule has 6 rings (SSSR count). The molecule has 0 radical (unpaired) electrons. The number of H-pyrrole nitrogens is 1. The first-order valence-electron chi connectivity index (χ1n) is 10.6. The van der Waals surface area contributed by atoms with Crippen LogP contribution in [0.25, 0.3) is 55.6 Å². The molecule has 0 fully saturated rings. The first-order chi connectivity index (χ1) is 16.2. The average Bonchev–Trinajstić information content (AvgIpc) is 3.30. The molecular weight excluding hydrogens is 412 g/mol. The maximum Gasteiger partial charge on any atom is 0.198 e. The number of furan rings is 1. The van der Waals surface area contributed by atoms with Gasteiger partial charge in [-0.05, 0) is 66.6 Å². The summed E-state index contributed by atoms with van der Waals surface area (Å²) in [6.07, 6.45) is 6.82. The van der Waals surface area contributed by atoms with Gasteiger partial charge in [0.25, 0.3) is 0 Å². The lowest BCUT2D eigenvalue weighted by molar-refractivity contribution is 0.547. The highest BCUT2D eigenvalue weighted by Gasteiger charge is 2.17. The summed E-state index contributed by atoms with van der Waals surface area (Å²) in [5.74, 6) is 1.44. The van der Waals surface area contributed by atoms with Crippen LogP contribution in [0.3, 0.4) is 0 Å². The normalized spacial score (nSPS) is 11.3. The Bertz CT molecular complexity index is 1700. The summed E-state index contributed by atoms with van der Waals surface area (Å²) in [7, 11) is 0. The molecule has 0 atom stereocenters. The molecule has 0 spiro atoms. The van der Waals surface area contributed by atoms with Crippen molar-refractivity contribution >= 4 is 21.9 Å². The molecule has 158 valence electrons. The predicted molar refractivity (Wildman–Crippen MR) is 129 cm³/mol. The number of hydrogen-bond donors (Lipinski definition) is 1. The zero-order valence-electron chi connectivity index (χ0n) is 17.7. The molecule has 0 aliphatic rings. The van der Waals surface area contributed by atoms with Crippen LogP contribution in [-0.2, 0) is 0 Å². The van der Waals surface area contributed by atoms with Crippen molar-refractivity contribution in [3.8, 4) is 33.7 Å². The van der Waals surface area contributed by atoms with Crippen molar-refractivity contribution in [3.05, 3.63) is 101 Å². The Balaban J connectivity index is 1.65. The van der Waals surface area contributed by atoms with E-state index >= 15 is 0 Å². The molecule has 1 N–H and O–H groups in total. The Labute approximate surface area is 188 Å². The van der Waals surface area contributed by atoms with Crippen molar-refractivity contribution in [2.45, 2.75) is 6.92 Å². The highest BCUT2D eigenvalue weighted by Crippen LogP contribution is 2.35. The molecule has 6 aromatic rings. The van der Waals surface area contributed by atoms with E-state index in [1.807, 2.05) is 61.5 Å². The minimum Gasteiger partial charge on any atom is -0.460 e. The van der Waals surface area contributed by atoms with E-state index in [0.717, 1.165) is 33.4 Å². The number of aromatic nitrogens is 4. The van der Waals surface area contributed by atoms with Gasteiger partial charge in [-0.2, -0.15) is 0 Å². The number of aryl methyl sites for hydroxylation is 1. The summed E-state index contributed by atoms with van der Waals surface area (Å²) in [5.41, 5.74) is 5.12. The average molecular weight is 430 g/mol. The molecular formula is C27H18N4O2. The number of nitrogens with one attached hydrogen (secondary N) is 1. The number of pyridine rings is 4. The molecule has 0 bridgehead atoms. The first-order valence-corrected chi connectivity index (χ1v) is 10.6. The van der Waals surface area contributed by atoms with E-state index in [1.165, 1.54) is 0 Å². The Morgan fingerprint density at radius 3 is 2.58 bits per heavy atom. The number of hydrogen-bond acceptors (Lipinski definition) is 5. The molecule has 6 heteroatoms. The van der Waals surface area contributed by atoms with Crippen LogP contribution in [0.1, 0.15) is 5.76 Å². The van der Waals surface area contributed by atoms with E-state index in [2.05, 4.69) is 21.0 Å². The van der Waals surface area contributed by atoms with Gasteiger partial charge in [-0.1, -0.05) is 12.1 Å². The smallest absolute Gasteiger partial charge is 0.198 e. The van der Waals surface area contributed by atoms with Crippen molar-refractivity contribution in [2.24, 2.45) is 0 Å². The number of aromatic amines is 1. The Morgan fingerprint density at radius 2 is 1.76 bits per heavy atom. The van der Waals surface area contributed by atoms with Crippen LogP contribution >= 0.6 is 0 Å². The highest BCUT2D eigenvalue weighted by molar-refractivity contribution is 5.93. The lowest BCUT2D eigenvalue weighted by Crippen LogP contribution is -2.08. The highest BCUT2D eigenvalue weighted by atomic mass is 16.3. The summed E-state index contributed by atoms with van der Waals surface area (Å²) in [4.78, 5) is 30.0.